The summed E-state index contributed by atoms with van der Waals surface area (Å²) in [5.74, 6) is -0.0150. The first-order chi connectivity index (χ1) is 12.6. The van der Waals surface area contributed by atoms with E-state index in [1.54, 1.807) is 24.4 Å². The van der Waals surface area contributed by atoms with Crippen molar-refractivity contribution in [2.24, 2.45) is 0 Å². The average molecular weight is 346 g/mol. The molecule has 0 aliphatic heterocycles. The molecule has 2 N–H and O–H groups in total. The molecule has 26 heavy (non-hydrogen) atoms. The first-order valence-electron chi connectivity index (χ1n) is 8.09. The molecule has 2 aromatic heterocycles. The molecule has 0 amide bonds. The van der Waals surface area contributed by atoms with Crippen LogP contribution in [0.3, 0.4) is 0 Å². The molecule has 0 aliphatic rings. The van der Waals surface area contributed by atoms with Gasteiger partial charge in [0.25, 0.3) is 5.56 Å². The van der Waals surface area contributed by atoms with Gasteiger partial charge in [-0.2, -0.15) is 4.98 Å². The zero-order valence-corrected chi connectivity index (χ0v) is 14.0. The topological polar surface area (TPSA) is 70.7 Å². The smallest absolute Gasteiger partial charge is 0.262 e. The van der Waals surface area contributed by atoms with Gasteiger partial charge in [-0.3, -0.25) is 9.78 Å². The van der Waals surface area contributed by atoms with Gasteiger partial charge in [0, 0.05) is 11.9 Å². The molecule has 0 atom stereocenters. The van der Waals surface area contributed by atoms with Gasteiger partial charge >= 0.3 is 0 Å². The van der Waals surface area contributed by atoms with Gasteiger partial charge in [0.1, 0.15) is 5.82 Å². The molecule has 0 unspecified atom stereocenters. The number of aromatic amines is 1. The number of fused-ring (bicyclic) bond motifs is 1. The molecule has 2 heterocycles. The first kappa shape index (κ1) is 16.0. The van der Waals surface area contributed by atoms with Gasteiger partial charge in [0.2, 0.25) is 5.95 Å². The molecule has 0 bridgehead atoms. The fourth-order valence-corrected chi connectivity index (χ4v) is 2.77. The normalized spacial score (nSPS) is 10.8. The fourth-order valence-electron chi connectivity index (χ4n) is 2.77. The van der Waals surface area contributed by atoms with Crippen molar-refractivity contribution in [2.45, 2.75) is 6.92 Å². The molecule has 0 aliphatic carbocycles. The zero-order valence-electron chi connectivity index (χ0n) is 14.0. The molecule has 4 rings (SSSR count). The number of aryl methyl sites for hydroxylation is 1. The van der Waals surface area contributed by atoms with Crippen LogP contribution in [-0.4, -0.2) is 15.0 Å². The fraction of sp³-hybridized carbons (Fsp3) is 0.0500. The molecule has 6 heteroatoms. The lowest BCUT2D eigenvalue weighted by Gasteiger charge is -2.09. The van der Waals surface area contributed by atoms with Crippen LogP contribution in [0.4, 0.5) is 16.0 Å². The van der Waals surface area contributed by atoms with Crippen LogP contribution in [0.2, 0.25) is 0 Å². The van der Waals surface area contributed by atoms with Crippen molar-refractivity contribution >= 4 is 22.7 Å². The summed E-state index contributed by atoms with van der Waals surface area (Å²) in [7, 11) is 0. The Morgan fingerprint density at radius 3 is 2.46 bits per heavy atom. The maximum atomic E-state index is 13.2. The molecular formula is C20H15FN4O. The Labute approximate surface area is 148 Å². The second kappa shape index (κ2) is 6.40. The van der Waals surface area contributed by atoms with Gasteiger partial charge in [-0.05, 0) is 48.4 Å². The largest absolute Gasteiger partial charge is 0.326 e. The predicted molar refractivity (Wildman–Crippen MR) is 100 cm³/mol. The number of aromatic nitrogens is 3. The van der Waals surface area contributed by atoms with E-state index in [-0.39, 0.29) is 11.4 Å². The molecular weight excluding hydrogens is 331 g/mol. The summed E-state index contributed by atoms with van der Waals surface area (Å²) >= 11 is 0. The van der Waals surface area contributed by atoms with Gasteiger partial charge in [0.15, 0.2) is 5.65 Å². The van der Waals surface area contributed by atoms with E-state index in [9.17, 15) is 9.18 Å². The number of nitrogens with one attached hydrogen (secondary N) is 2. The molecule has 5 nitrogen and oxygen atoms in total. The minimum Gasteiger partial charge on any atom is -0.326 e. The zero-order chi connectivity index (χ0) is 18.1. The standard InChI is InChI=1S/C20H15FN4O/c1-12-2-8-15(9-3-12)23-20-24-18-17(19(26)25-20)16(10-11-22-18)13-4-6-14(21)7-5-13/h2-11H,1H3,(H2,22,23,24,25,26). The van der Waals surface area contributed by atoms with Crippen molar-refractivity contribution in [1.29, 1.82) is 0 Å². The maximum absolute atomic E-state index is 13.2. The highest BCUT2D eigenvalue weighted by Crippen LogP contribution is 2.25. The number of H-pyrrole nitrogens is 1. The maximum Gasteiger partial charge on any atom is 0.262 e. The van der Waals surface area contributed by atoms with E-state index in [0.29, 0.717) is 22.5 Å². The Balaban J connectivity index is 1.80. The van der Waals surface area contributed by atoms with Crippen LogP contribution in [-0.2, 0) is 0 Å². The molecule has 2 aromatic carbocycles. The van der Waals surface area contributed by atoms with Crippen LogP contribution in [0.1, 0.15) is 5.56 Å². The van der Waals surface area contributed by atoms with Crippen LogP contribution in [0.5, 0.6) is 0 Å². The third-order valence-electron chi connectivity index (χ3n) is 4.08. The Kier molecular flexibility index (Phi) is 3.93. The molecule has 0 saturated heterocycles. The van der Waals surface area contributed by atoms with Crippen LogP contribution >= 0.6 is 0 Å². The summed E-state index contributed by atoms with van der Waals surface area (Å²) in [5.41, 5.74) is 3.35. The molecule has 0 fully saturated rings. The number of hydrogen-bond acceptors (Lipinski definition) is 4. The summed E-state index contributed by atoms with van der Waals surface area (Å²) < 4.78 is 13.2. The number of rotatable bonds is 3. The van der Waals surface area contributed by atoms with Gasteiger partial charge in [0.05, 0.1) is 5.39 Å². The van der Waals surface area contributed by atoms with Crippen LogP contribution in [0.15, 0.2) is 65.6 Å². The van der Waals surface area contributed by atoms with Crippen molar-refractivity contribution in [3.63, 3.8) is 0 Å². The van der Waals surface area contributed by atoms with Gasteiger partial charge in [-0.15, -0.1) is 0 Å². The monoisotopic (exact) mass is 346 g/mol. The van der Waals surface area contributed by atoms with Crippen molar-refractivity contribution in [1.82, 2.24) is 15.0 Å². The number of nitrogens with zero attached hydrogens (tertiary/aromatic N) is 2. The Hall–Kier alpha value is -3.54. The summed E-state index contributed by atoms with van der Waals surface area (Å²) in [5, 5.41) is 3.44. The number of anilines is 2. The lowest BCUT2D eigenvalue weighted by molar-refractivity contribution is 0.628. The van der Waals surface area contributed by atoms with Crippen molar-refractivity contribution in [3.05, 3.63) is 82.5 Å². The summed E-state index contributed by atoms with van der Waals surface area (Å²) in [6, 6.07) is 15.4. The highest BCUT2D eigenvalue weighted by atomic mass is 19.1. The van der Waals surface area contributed by atoms with Crippen LogP contribution in [0, 0.1) is 12.7 Å². The summed E-state index contributed by atoms with van der Waals surface area (Å²) in [6.45, 7) is 2.00. The van der Waals surface area contributed by atoms with E-state index in [2.05, 4.69) is 20.3 Å². The quantitative estimate of drug-likeness (QED) is 0.584. The van der Waals surface area contributed by atoms with E-state index < -0.39 is 0 Å². The lowest BCUT2D eigenvalue weighted by Crippen LogP contribution is -2.13. The minimum atomic E-state index is -0.330. The molecule has 4 aromatic rings. The number of halogens is 1. The van der Waals surface area contributed by atoms with E-state index in [0.717, 1.165) is 16.8 Å². The number of benzene rings is 2. The Morgan fingerprint density at radius 1 is 1.00 bits per heavy atom. The van der Waals surface area contributed by atoms with Gasteiger partial charge < -0.3 is 5.32 Å². The van der Waals surface area contributed by atoms with Crippen molar-refractivity contribution in [3.8, 4) is 11.1 Å². The van der Waals surface area contributed by atoms with Crippen molar-refractivity contribution < 1.29 is 4.39 Å². The van der Waals surface area contributed by atoms with E-state index >= 15 is 0 Å². The van der Waals surface area contributed by atoms with Gasteiger partial charge in [-0.25, -0.2) is 9.37 Å². The predicted octanol–water partition coefficient (Wildman–Crippen LogP) is 4.18. The molecule has 0 saturated carbocycles. The van der Waals surface area contributed by atoms with Crippen molar-refractivity contribution in [2.75, 3.05) is 5.32 Å². The number of pyridine rings is 1. The minimum absolute atomic E-state index is 0.308. The van der Waals surface area contributed by atoms with E-state index in [4.69, 9.17) is 0 Å². The second-order valence-corrected chi connectivity index (χ2v) is 5.97. The van der Waals surface area contributed by atoms with Crippen LogP contribution < -0.4 is 10.9 Å². The summed E-state index contributed by atoms with van der Waals surface area (Å²) in [6.07, 6.45) is 1.59. The highest BCUT2D eigenvalue weighted by Gasteiger charge is 2.11. The van der Waals surface area contributed by atoms with Gasteiger partial charge in [-0.1, -0.05) is 29.8 Å². The average Bonchev–Trinajstić information content (AvgIpc) is 2.64. The Morgan fingerprint density at radius 2 is 1.73 bits per heavy atom. The van der Waals surface area contributed by atoms with E-state index in [1.165, 1.54) is 12.1 Å². The third-order valence-corrected chi connectivity index (χ3v) is 4.08. The first-order valence-corrected chi connectivity index (χ1v) is 8.09. The third kappa shape index (κ3) is 3.04. The second-order valence-electron chi connectivity index (χ2n) is 5.97. The van der Waals surface area contributed by atoms with E-state index in [1.807, 2.05) is 31.2 Å². The highest BCUT2D eigenvalue weighted by molar-refractivity contribution is 5.92. The molecule has 0 spiro atoms. The summed E-state index contributed by atoms with van der Waals surface area (Å²) in [4.78, 5) is 24.0. The SMILES string of the molecule is Cc1ccc(Nc2nc3nccc(-c4ccc(F)cc4)c3c(=O)[nH]2)cc1. The van der Waals surface area contributed by atoms with Crippen LogP contribution in [0.25, 0.3) is 22.2 Å². The molecule has 0 radical (unpaired) electrons. The lowest BCUT2D eigenvalue weighted by atomic mass is 10.0. The Bertz CT molecular complexity index is 1140. The molecule has 128 valence electrons. The number of hydrogen-bond donors (Lipinski definition) is 2.